The molecule has 3 nitrogen and oxygen atoms in total. The average Bonchev–Trinajstić information content (AvgIpc) is 2.53. The fourth-order valence-corrected chi connectivity index (χ4v) is 3.46. The van der Waals surface area contributed by atoms with E-state index < -0.39 is 15.6 Å². The van der Waals surface area contributed by atoms with Crippen LogP contribution in [0.5, 0.6) is 0 Å². The molecule has 0 heterocycles. The molecule has 0 saturated carbocycles. The largest absolute Gasteiger partial charge is 0.341 e. The normalized spacial score (nSPS) is 13.3. The molecule has 7 heteroatoms. The van der Waals surface area contributed by atoms with E-state index in [9.17, 15) is 17.2 Å². The minimum atomic E-state index is -4.53. The zero-order valence-electron chi connectivity index (χ0n) is 12.3. The SMILES string of the molecule is CC(NCc1ccc(S(=O)(=O)C(F)F)cc1)c1ccccc1Br. The van der Waals surface area contributed by atoms with Crippen molar-refractivity contribution < 1.29 is 17.2 Å². The van der Waals surface area contributed by atoms with Gasteiger partial charge < -0.3 is 5.32 Å². The molecular weight excluding hydrogens is 388 g/mol. The highest BCUT2D eigenvalue weighted by Gasteiger charge is 2.26. The molecule has 23 heavy (non-hydrogen) atoms. The van der Waals surface area contributed by atoms with Crippen LogP contribution in [-0.2, 0) is 16.4 Å². The highest BCUT2D eigenvalue weighted by atomic mass is 79.9. The molecule has 0 aromatic heterocycles. The third-order valence-electron chi connectivity index (χ3n) is 3.47. The van der Waals surface area contributed by atoms with Crippen LogP contribution in [0.3, 0.4) is 0 Å². The molecule has 2 aromatic rings. The summed E-state index contributed by atoms with van der Waals surface area (Å²) in [4.78, 5) is -0.366. The summed E-state index contributed by atoms with van der Waals surface area (Å²) in [7, 11) is -4.53. The van der Waals surface area contributed by atoms with Gasteiger partial charge in [-0.05, 0) is 36.2 Å². The third-order valence-corrected chi connectivity index (χ3v) is 5.59. The van der Waals surface area contributed by atoms with E-state index >= 15 is 0 Å². The second-order valence-corrected chi connectivity index (χ2v) is 7.85. The Morgan fingerprint density at radius 2 is 1.70 bits per heavy atom. The van der Waals surface area contributed by atoms with Gasteiger partial charge in [-0.2, -0.15) is 8.78 Å². The van der Waals surface area contributed by atoms with Crippen LogP contribution in [0.15, 0.2) is 57.9 Å². The van der Waals surface area contributed by atoms with E-state index in [1.54, 1.807) is 0 Å². The monoisotopic (exact) mass is 403 g/mol. The van der Waals surface area contributed by atoms with Crippen LogP contribution in [0.1, 0.15) is 24.1 Å². The maximum atomic E-state index is 12.5. The molecule has 0 spiro atoms. The molecule has 0 aliphatic carbocycles. The lowest BCUT2D eigenvalue weighted by molar-refractivity contribution is 0.234. The summed E-state index contributed by atoms with van der Waals surface area (Å²) in [6.45, 7) is 2.51. The van der Waals surface area contributed by atoms with E-state index in [-0.39, 0.29) is 10.9 Å². The highest BCUT2D eigenvalue weighted by molar-refractivity contribution is 9.10. The van der Waals surface area contributed by atoms with Gasteiger partial charge in [0.15, 0.2) is 0 Å². The minimum absolute atomic E-state index is 0.0787. The molecule has 2 aromatic carbocycles. The molecular formula is C16H16BrF2NO2S. The summed E-state index contributed by atoms with van der Waals surface area (Å²) >= 11 is 3.49. The Balaban J connectivity index is 2.04. The maximum Gasteiger partial charge on any atom is 0.341 e. The highest BCUT2D eigenvalue weighted by Crippen LogP contribution is 2.23. The van der Waals surface area contributed by atoms with Gasteiger partial charge in [0.25, 0.3) is 0 Å². The number of benzene rings is 2. The first-order valence-electron chi connectivity index (χ1n) is 6.91. The summed E-state index contributed by atoms with van der Waals surface area (Å²) in [5.41, 5.74) is 1.92. The van der Waals surface area contributed by atoms with Gasteiger partial charge in [0, 0.05) is 17.1 Å². The smallest absolute Gasteiger partial charge is 0.306 e. The van der Waals surface area contributed by atoms with Crippen LogP contribution in [0.2, 0.25) is 0 Å². The van der Waals surface area contributed by atoms with Crippen LogP contribution in [-0.4, -0.2) is 14.2 Å². The summed E-state index contributed by atoms with van der Waals surface area (Å²) < 4.78 is 48.7. The molecule has 1 unspecified atom stereocenters. The predicted octanol–water partition coefficient (Wildman–Crippen LogP) is 4.30. The van der Waals surface area contributed by atoms with Gasteiger partial charge in [-0.3, -0.25) is 0 Å². The maximum absolute atomic E-state index is 12.5. The second kappa shape index (κ2) is 7.51. The number of halogens is 3. The number of rotatable bonds is 6. The number of hydrogen-bond donors (Lipinski definition) is 1. The van der Waals surface area contributed by atoms with Gasteiger partial charge >= 0.3 is 5.76 Å². The lowest BCUT2D eigenvalue weighted by Crippen LogP contribution is -2.18. The molecule has 1 N–H and O–H groups in total. The Labute approximate surface area is 142 Å². The molecule has 0 bridgehead atoms. The molecule has 0 aliphatic rings. The van der Waals surface area contributed by atoms with Crippen LogP contribution in [0.25, 0.3) is 0 Å². The molecule has 1 atom stereocenters. The van der Waals surface area contributed by atoms with Crippen molar-refractivity contribution in [3.8, 4) is 0 Å². The lowest BCUT2D eigenvalue weighted by atomic mass is 10.1. The zero-order valence-corrected chi connectivity index (χ0v) is 14.7. The van der Waals surface area contributed by atoms with E-state index in [2.05, 4.69) is 21.2 Å². The molecule has 0 amide bonds. The zero-order chi connectivity index (χ0) is 17.0. The molecule has 124 valence electrons. The number of nitrogens with one attached hydrogen (secondary N) is 1. The van der Waals surface area contributed by atoms with Gasteiger partial charge in [-0.25, -0.2) is 8.42 Å². The topological polar surface area (TPSA) is 46.2 Å². The molecule has 0 saturated heterocycles. The van der Waals surface area contributed by atoms with Crippen molar-refractivity contribution in [2.24, 2.45) is 0 Å². The van der Waals surface area contributed by atoms with Crippen molar-refractivity contribution in [3.63, 3.8) is 0 Å². The van der Waals surface area contributed by atoms with Crippen molar-refractivity contribution in [1.82, 2.24) is 5.32 Å². The Morgan fingerprint density at radius 3 is 2.26 bits per heavy atom. The predicted molar refractivity (Wildman–Crippen MR) is 89.0 cm³/mol. The number of hydrogen-bond acceptors (Lipinski definition) is 3. The molecule has 2 rings (SSSR count). The standard InChI is InChI=1S/C16H16BrF2NO2S/c1-11(14-4-2-3-5-15(14)17)20-10-12-6-8-13(9-7-12)23(21,22)16(18)19/h2-9,11,16,20H,10H2,1H3. The van der Waals surface area contributed by atoms with Crippen LogP contribution < -0.4 is 5.32 Å². The number of alkyl halides is 2. The summed E-state index contributed by atoms with van der Waals surface area (Å²) in [5.74, 6) is -3.40. The van der Waals surface area contributed by atoms with Gasteiger partial charge in [-0.15, -0.1) is 0 Å². The lowest BCUT2D eigenvalue weighted by Gasteiger charge is -2.16. The Hall–Kier alpha value is -1.31. The average molecular weight is 404 g/mol. The summed E-state index contributed by atoms with van der Waals surface area (Å²) in [6.07, 6.45) is 0. The van der Waals surface area contributed by atoms with Crippen LogP contribution in [0, 0.1) is 0 Å². The van der Waals surface area contributed by atoms with E-state index in [4.69, 9.17) is 0 Å². The fraction of sp³-hybridized carbons (Fsp3) is 0.250. The quantitative estimate of drug-likeness (QED) is 0.781. The first-order valence-corrected chi connectivity index (χ1v) is 9.25. The fourth-order valence-electron chi connectivity index (χ4n) is 2.11. The number of sulfone groups is 1. The second-order valence-electron chi connectivity index (χ2n) is 5.07. The van der Waals surface area contributed by atoms with E-state index in [0.29, 0.717) is 6.54 Å². The Bertz CT molecular complexity index is 764. The van der Waals surface area contributed by atoms with Gasteiger partial charge in [0.2, 0.25) is 9.84 Å². The van der Waals surface area contributed by atoms with E-state index in [1.165, 1.54) is 24.3 Å². The van der Waals surface area contributed by atoms with Gasteiger partial charge in [-0.1, -0.05) is 46.3 Å². The van der Waals surface area contributed by atoms with Gasteiger partial charge in [0.05, 0.1) is 4.90 Å². The molecule has 0 aliphatic heterocycles. The van der Waals surface area contributed by atoms with Crippen molar-refractivity contribution in [2.45, 2.75) is 30.2 Å². The van der Waals surface area contributed by atoms with Crippen molar-refractivity contribution >= 4 is 25.8 Å². The van der Waals surface area contributed by atoms with Crippen LogP contribution >= 0.6 is 15.9 Å². The van der Waals surface area contributed by atoms with Crippen molar-refractivity contribution in [2.75, 3.05) is 0 Å². The summed E-state index contributed by atoms with van der Waals surface area (Å²) in [6, 6.07) is 13.4. The first-order chi connectivity index (χ1) is 10.8. The summed E-state index contributed by atoms with van der Waals surface area (Å²) in [5, 5.41) is 3.31. The van der Waals surface area contributed by atoms with E-state index in [0.717, 1.165) is 15.6 Å². The Morgan fingerprint density at radius 1 is 1.09 bits per heavy atom. The van der Waals surface area contributed by atoms with Crippen molar-refractivity contribution in [1.29, 1.82) is 0 Å². The minimum Gasteiger partial charge on any atom is -0.306 e. The third kappa shape index (κ3) is 4.37. The first kappa shape index (κ1) is 18.0. The van der Waals surface area contributed by atoms with E-state index in [1.807, 2.05) is 31.2 Å². The Kier molecular flexibility index (Phi) is 5.89. The van der Waals surface area contributed by atoms with Crippen molar-refractivity contribution in [3.05, 3.63) is 64.1 Å². The van der Waals surface area contributed by atoms with Gasteiger partial charge in [0.1, 0.15) is 0 Å². The molecule has 0 fully saturated rings. The van der Waals surface area contributed by atoms with Crippen LogP contribution in [0.4, 0.5) is 8.78 Å². The molecule has 0 radical (unpaired) electrons.